The predicted molar refractivity (Wildman–Crippen MR) is 174 cm³/mol. The van der Waals surface area contributed by atoms with E-state index in [1.54, 1.807) is 6.08 Å². The molecule has 0 atom stereocenters. The van der Waals surface area contributed by atoms with Gasteiger partial charge < -0.3 is 47.4 Å². The topological polar surface area (TPSA) is 92.3 Å². The zero-order valence-electron chi connectivity index (χ0n) is 26.1. The third-order valence-corrected chi connectivity index (χ3v) is 6.67. The average molecular weight is 659 g/mol. The van der Waals surface area contributed by atoms with Gasteiger partial charge in [0.1, 0.15) is 38.8 Å². The smallest absolute Gasteiger partial charge is 0.161 e. The van der Waals surface area contributed by atoms with Gasteiger partial charge in [0.05, 0.1) is 66.1 Å². The van der Waals surface area contributed by atoms with Crippen molar-refractivity contribution in [1.29, 1.82) is 0 Å². The van der Waals surface area contributed by atoms with E-state index in [0.717, 1.165) is 11.1 Å². The van der Waals surface area contributed by atoms with E-state index in [1.807, 2.05) is 60.7 Å². The molecule has 0 amide bonds. The quantitative estimate of drug-likeness (QED) is 0.316. The Hall–Kier alpha value is -3.51. The van der Waals surface area contributed by atoms with Gasteiger partial charge in [0, 0.05) is 16.1 Å². The highest BCUT2D eigenvalue weighted by molar-refractivity contribution is 6.30. The Balaban J connectivity index is 1.34. The van der Waals surface area contributed by atoms with E-state index >= 15 is 0 Å². The summed E-state index contributed by atoms with van der Waals surface area (Å²) in [5, 5.41) is 0.567. The Morgan fingerprint density at radius 3 is 1.26 bits per heavy atom. The Kier molecular flexibility index (Phi) is 16.4. The van der Waals surface area contributed by atoms with E-state index in [1.165, 1.54) is 0 Å². The van der Waals surface area contributed by atoms with Crippen LogP contribution in [0, 0.1) is 0 Å². The van der Waals surface area contributed by atoms with Crippen LogP contribution in [-0.4, -0.2) is 85.9 Å². The number of fused-ring (bicyclic) bond motifs is 4. The first kappa shape index (κ1) is 35.3. The van der Waals surface area contributed by atoms with Crippen LogP contribution in [0.5, 0.6) is 28.7 Å². The SMILES string of the molecule is C=CCOc1c2cc(Cl)cc1COCCOCCOc1ccccc1OCCOCCOc1ccccc1OCCOCCOC2. The van der Waals surface area contributed by atoms with Crippen LogP contribution in [0.3, 0.4) is 0 Å². The van der Waals surface area contributed by atoms with Crippen molar-refractivity contribution in [2.75, 3.05) is 85.9 Å². The first-order chi connectivity index (χ1) is 22.7. The summed E-state index contributed by atoms with van der Waals surface area (Å²) in [7, 11) is 0. The van der Waals surface area contributed by atoms with Crippen LogP contribution in [0.4, 0.5) is 0 Å². The Labute approximate surface area is 275 Å². The highest BCUT2D eigenvalue weighted by atomic mass is 35.5. The summed E-state index contributed by atoms with van der Waals surface area (Å²) in [5.74, 6) is 3.23. The van der Waals surface area contributed by atoms with Gasteiger partial charge in [-0.25, -0.2) is 0 Å². The van der Waals surface area contributed by atoms with Crippen molar-refractivity contribution < 1.29 is 47.4 Å². The standard InChI is InChI=1S/C35H43ClO10/c1-2-11-46-35-28-24-30(36)25-29(35)27-41-15-13-38-17-21-43-32-8-4-6-10-34(32)45-23-19-39-18-22-44-33-9-5-3-7-31(33)42-20-16-37-12-14-40-26-28/h2-10,24-25H,1,11-23,26-27H2. The molecule has 0 radical (unpaired) electrons. The highest BCUT2D eigenvalue weighted by Crippen LogP contribution is 2.30. The zero-order chi connectivity index (χ0) is 32.1. The lowest BCUT2D eigenvalue weighted by molar-refractivity contribution is 0.0270. The van der Waals surface area contributed by atoms with Crippen LogP contribution >= 0.6 is 11.6 Å². The average Bonchev–Trinajstić information content (AvgIpc) is 3.07. The number of hydrogen-bond acceptors (Lipinski definition) is 10. The van der Waals surface area contributed by atoms with Crippen molar-refractivity contribution in [2.45, 2.75) is 13.2 Å². The van der Waals surface area contributed by atoms with Crippen LogP contribution in [0.2, 0.25) is 5.02 Å². The van der Waals surface area contributed by atoms with E-state index in [9.17, 15) is 0 Å². The van der Waals surface area contributed by atoms with Crippen LogP contribution in [0.15, 0.2) is 73.3 Å². The van der Waals surface area contributed by atoms with Gasteiger partial charge in [-0.1, -0.05) is 48.5 Å². The molecule has 0 aromatic heterocycles. The summed E-state index contributed by atoms with van der Waals surface area (Å²) in [6.07, 6.45) is 1.69. The van der Waals surface area contributed by atoms with E-state index in [2.05, 4.69) is 6.58 Å². The molecule has 46 heavy (non-hydrogen) atoms. The molecule has 0 aliphatic carbocycles. The minimum absolute atomic E-state index is 0.297. The maximum absolute atomic E-state index is 6.44. The second-order valence-corrected chi connectivity index (χ2v) is 10.3. The van der Waals surface area contributed by atoms with Gasteiger partial charge in [-0.05, 0) is 36.4 Å². The first-order valence-corrected chi connectivity index (χ1v) is 15.8. The molecule has 1 heterocycles. The van der Waals surface area contributed by atoms with Gasteiger partial charge in [0.25, 0.3) is 0 Å². The van der Waals surface area contributed by atoms with Gasteiger partial charge in [-0.15, -0.1) is 0 Å². The molecule has 0 unspecified atom stereocenters. The molecule has 11 heteroatoms. The maximum Gasteiger partial charge on any atom is 0.161 e. The van der Waals surface area contributed by atoms with Crippen molar-refractivity contribution >= 4 is 11.6 Å². The second kappa shape index (κ2) is 21.3. The number of hydrogen-bond donors (Lipinski definition) is 0. The molecule has 0 saturated carbocycles. The van der Waals surface area contributed by atoms with Crippen LogP contribution < -0.4 is 23.7 Å². The van der Waals surface area contributed by atoms with Crippen LogP contribution in [-0.2, 0) is 36.9 Å². The Morgan fingerprint density at radius 2 is 0.891 bits per heavy atom. The van der Waals surface area contributed by atoms with Crippen molar-refractivity contribution in [3.63, 3.8) is 0 Å². The second-order valence-electron chi connectivity index (χ2n) is 9.88. The largest absolute Gasteiger partial charge is 0.489 e. The fourth-order valence-electron chi connectivity index (χ4n) is 4.38. The molecule has 2 bridgehead atoms. The van der Waals surface area contributed by atoms with E-state index < -0.39 is 0 Å². The zero-order valence-corrected chi connectivity index (χ0v) is 26.9. The Bertz CT molecular complexity index is 1220. The molecule has 1 aliphatic heterocycles. The van der Waals surface area contributed by atoms with Gasteiger partial charge in [-0.3, -0.25) is 0 Å². The number of benzene rings is 3. The van der Waals surface area contributed by atoms with Crippen LogP contribution in [0.25, 0.3) is 0 Å². The Morgan fingerprint density at radius 1 is 0.543 bits per heavy atom. The predicted octanol–water partition coefficient (Wildman–Crippen LogP) is 5.92. The molecule has 10 nitrogen and oxygen atoms in total. The molecular formula is C35H43ClO10. The summed E-state index contributed by atoms with van der Waals surface area (Å²) < 4.78 is 58.4. The third-order valence-electron chi connectivity index (χ3n) is 6.45. The summed E-state index contributed by atoms with van der Waals surface area (Å²) in [5.41, 5.74) is 1.63. The number of halogens is 1. The van der Waals surface area contributed by atoms with Crippen molar-refractivity contribution in [1.82, 2.24) is 0 Å². The van der Waals surface area contributed by atoms with Gasteiger partial charge in [0.2, 0.25) is 0 Å². The summed E-state index contributed by atoms with van der Waals surface area (Å²) in [6, 6.07) is 18.7. The highest BCUT2D eigenvalue weighted by Gasteiger charge is 2.13. The molecule has 3 aromatic rings. The molecule has 0 N–H and O–H groups in total. The number of para-hydroxylation sites is 4. The molecule has 0 spiro atoms. The van der Waals surface area contributed by atoms with Crippen LogP contribution in [0.1, 0.15) is 11.1 Å². The minimum atomic E-state index is 0.297. The maximum atomic E-state index is 6.44. The molecular weight excluding hydrogens is 616 g/mol. The first-order valence-electron chi connectivity index (χ1n) is 15.4. The molecule has 1 aliphatic rings. The molecule has 0 fully saturated rings. The van der Waals surface area contributed by atoms with E-state index in [4.69, 9.17) is 59.0 Å². The summed E-state index contributed by atoms with van der Waals surface area (Å²) in [6.45, 7) is 9.32. The van der Waals surface area contributed by atoms with Gasteiger partial charge in [0.15, 0.2) is 23.0 Å². The van der Waals surface area contributed by atoms with E-state index in [0.29, 0.717) is 133 Å². The van der Waals surface area contributed by atoms with Gasteiger partial charge >= 0.3 is 0 Å². The van der Waals surface area contributed by atoms with E-state index in [-0.39, 0.29) is 0 Å². The van der Waals surface area contributed by atoms with Crippen molar-refractivity contribution in [3.05, 3.63) is 89.5 Å². The molecule has 3 aromatic carbocycles. The number of ether oxygens (including phenoxy) is 10. The third kappa shape index (κ3) is 12.7. The minimum Gasteiger partial charge on any atom is -0.489 e. The van der Waals surface area contributed by atoms with Crippen molar-refractivity contribution in [2.24, 2.45) is 0 Å². The number of rotatable bonds is 3. The fraction of sp³-hybridized carbons (Fsp3) is 0.429. The normalized spacial score (nSPS) is 16.9. The fourth-order valence-corrected chi connectivity index (χ4v) is 4.64. The molecule has 4 rings (SSSR count). The summed E-state index contributed by atoms with van der Waals surface area (Å²) >= 11 is 6.44. The lowest BCUT2D eigenvalue weighted by Crippen LogP contribution is -2.14. The molecule has 0 saturated heterocycles. The van der Waals surface area contributed by atoms with Crippen molar-refractivity contribution in [3.8, 4) is 28.7 Å². The van der Waals surface area contributed by atoms with Gasteiger partial charge in [-0.2, -0.15) is 0 Å². The monoisotopic (exact) mass is 658 g/mol. The lowest BCUT2D eigenvalue weighted by atomic mass is 10.1. The summed E-state index contributed by atoms with van der Waals surface area (Å²) in [4.78, 5) is 0. The lowest BCUT2D eigenvalue weighted by Gasteiger charge is -2.17. The molecule has 250 valence electrons.